The first-order valence-corrected chi connectivity index (χ1v) is 11.0. The number of fused-ring (bicyclic) bond motifs is 1. The summed E-state index contributed by atoms with van der Waals surface area (Å²) in [5.41, 5.74) is 2.71. The average Bonchev–Trinajstić information content (AvgIpc) is 3.25. The minimum atomic E-state index is -0.350. The number of thioether (sulfide) groups is 1. The lowest BCUT2D eigenvalue weighted by Gasteiger charge is -2.14. The maximum atomic E-state index is 13.1. The van der Waals surface area contributed by atoms with Crippen LogP contribution in [0.2, 0.25) is 5.02 Å². The maximum Gasteiger partial charge on any atom is 0.266 e. The van der Waals surface area contributed by atoms with E-state index in [1.807, 2.05) is 24.4 Å². The van der Waals surface area contributed by atoms with E-state index in [1.54, 1.807) is 18.2 Å². The van der Waals surface area contributed by atoms with Crippen molar-refractivity contribution >= 4 is 68.7 Å². The molecule has 0 radical (unpaired) electrons. The van der Waals surface area contributed by atoms with Gasteiger partial charge in [-0.1, -0.05) is 47.7 Å². The molecule has 1 aliphatic rings. The fourth-order valence-electron chi connectivity index (χ4n) is 3.24. The summed E-state index contributed by atoms with van der Waals surface area (Å²) in [6.45, 7) is 0.268. The zero-order valence-electron chi connectivity index (χ0n) is 16.2. The van der Waals surface area contributed by atoms with Gasteiger partial charge in [0.05, 0.1) is 4.91 Å². The number of carbonyl (C=O) groups is 2. The zero-order chi connectivity index (χ0) is 22.0. The van der Waals surface area contributed by atoms with Gasteiger partial charge in [-0.15, -0.1) is 0 Å². The van der Waals surface area contributed by atoms with Crippen LogP contribution in [0.5, 0.6) is 0 Å². The molecule has 2 aromatic carbocycles. The van der Waals surface area contributed by atoms with Gasteiger partial charge >= 0.3 is 0 Å². The number of amides is 2. The molecule has 0 saturated carbocycles. The Labute approximate surface area is 192 Å². The van der Waals surface area contributed by atoms with Crippen molar-refractivity contribution in [2.24, 2.45) is 0 Å². The van der Waals surface area contributed by atoms with Gasteiger partial charge in [-0.25, -0.2) is 4.39 Å². The van der Waals surface area contributed by atoms with Gasteiger partial charge in [0.15, 0.2) is 0 Å². The van der Waals surface area contributed by atoms with E-state index < -0.39 is 0 Å². The Morgan fingerprint density at radius 2 is 2.03 bits per heavy atom. The van der Waals surface area contributed by atoms with E-state index in [1.165, 1.54) is 17.0 Å². The molecule has 158 valence electrons. The summed E-state index contributed by atoms with van der Waals surface area (Å²) < 4.78 is 13.4. The topological polar surface area (TPSA) is 65.2 Å². The third-order valence-corrected chi connectivity index (χ3v) is 6.40. The largest absolute Gasteiger partial charge is 0.361 e. The Balaban J connectivity index is 1.33. The van der Waals surface area contributed by atoms with Crippen molar-refractivity contribution in [3.8, 4) is 0 Å². The summed E-state index contributed by atoms with van der Waals surface area (Å²) in [5, 5.41) is 4.50. The van der Waals surface area contributed by atoms with Crippen LogP contribution in [0.1, 0.15) is 11.1 Å². The molecule has 2 N–H and O–H groups in total. The van der Waals surface area contributed by atoms with Gasteiger partial charge in [-0.05, 0) is 54.0 Å². The van der Waals surface area contributed by atoms with Crippen LogP contribution in [0.3, 0.4) is 0 Å². The molecule has 4 rings (SSSR count). The Kier molecular flexibility index (Phi) is 6.41. The van der Waals surface area contributed by atoms with Crippen molar-refractivity contribution < 1.29 is 14.0 Å². The van der Waals surface area contributed by atoms with E-state index in [0.29, 0.717) is 32.8 Å². The molecule has 0 bridgehead atoms. The molecule has 1 aliphatic heterocycles. The van der Waals surface area contributed by atoms with Gasteiger partial charge in [0, 0.05) is 28.7 Å². The van der Waals surface area contributed by atoms with Crippen LogP contribution in [0.4, 0.5) is 4.39 Å². The molecule has 1 saturated heterocycles. The van der Waals surface area contributed by atoms with E-state index in [-0.39, 0.29) is 24.2 Å². The predicted octanol–water partition coefficient (Wildman–Crippen LogP) is 4.52. The SMILES string of the molecule is O=C(CN1C(=O)C(=Cc2ccc(F)cc2)SC1=S)NCCc1c[nH]c2ccc(Cl)cc12. The molecule has 5 nitrogen and oxygen atoms in total. The van der Waals surface area contributed by atoms with Crippen LogP contribution in [-0.4, -0.2) is 39.1 Å². The van der Waals surface area contributed by atoms with Crippen molar-refractivity contribution in [3.05, 3.63) is 75.5 Å². The van der Waals surface area contributed by atoms with Crippen LogP contribution in [0.25, 0.3) is 17.0 Å². The van der Waals surface area contributed by atoms with Crippen molar-refractivity contribution in [1.29, 1.82) is 0 Å². The van der Waals surface area contributed by atoms with E-state index >= 15 is 0 Å². The Morgan fingerprint density at radius 3 is 2.81 bits per heavy atom. The number of carbonyl (C=O) groups excluding carboxylic acids is 2. The highest BCUT2D eigenvalue weighted by molar-refractivity contribution is 8.26. The van der Waals surface area contributed by atoms with Gasteiger partial charge in [0.25, 0.3) is 5.91 Å². The highest BCUT2D eigenvalue weighted by Gasteiger charge is 2.33. The lowest BCUT2D eigenvalue weighted by atomic mass is 10.1. The Morgan fingerprint density at radius 1 is 1.26 bits per heavy atom. The minimum Gasteiger partial charge on any atom is -0.361 e. The summed E-state index contributed by atoms with van der Waals surface area (Å²) in [6.07, 6.45) is 4.16. The molecule has 1 fully saturated rings. The van der Waals surface area contributed by atoms with Crippen LogP contribution >= 0.6 is 35.6 Å². The first kappa shape index (κ1) is 21.5. The first-order valence-electron chi connectivity index (χ1n) is 9.44. The minimum absolute atomic E-state index is 0.148. The number of H-pyrrole nitrogens is 1. The van der Waals surface area contributed by atoms with Gasteiger partial charge in [0.1, 0.15) is 16.7 Å². The van der Waals surface area contributed by atoms with Crippen LogP contribution < -0.4 is 5.32 Å². The Bertz CT molecular complexity index is 1210. The van der Waals surface area contributed by atoms with Crippen molar-refractivity contribution in [2.75, 3.05) is 13.1 Å². The molecule has 31 heavy (non-hydrogen) atoms. The van der Waals surface area contributed by atoms with Crippen molar-refractivity contribution in [1.82, 2.24) is 15.2 Å². The molecule has 9 heteroatoms. The van der Waals surface area contributed by atoms with E-state index in [9.17, 15) is 14.0 Å². The van der Waals surface area contributed by atoms with Crippen LogP contribution in [0.15, 0.2) is 53.6 Å². The van der Waals surface area contributed by atoms with Crippen LogP contribution in [0, 0.1) is 5.82 Å². The molecule has 0 atom stereocenters. The number of hydrogen-bond acceptors (Lipinski definition) is 4. The molecular formula is C22H17ClFN3O2S2. The lowest BCUT2D eigenvalue weighted by molar-refractivity contribution is -0.128. The molecule has 2 heterocycles. The molecule has 3 aromatic rings. The van der Waals surface area contributed by atoms with Gasteiger partial charge in [-0.2, -0.15) is 0 Å². The number of rotatable bonds is 6. The van der Waals surface area contributed by atoms with Crippen LogP contribution in [-0.2, 0) is 16.0 Å². The number of halogens is 2. The third-order valence-electron chi connectivity index (χ3n) is 4.79. The molecule has 2 amide bonds. The quantitative estimate of drug-likeness (QED) is 0.408. The molecule has 0 spiro atoms. The number of benzene rings is 2. The summed E-state index contributed by atoms with van der Waals surface area (Å²) >= 11 is 12.5. The summed E-state index contributed by atoms with van der Waals surface area (Å²) in [5.74, 6) is -0.977. The normalized spacial score (nSPS) is 15.3. The van der Waals surface area contributed by atoms with Crippen molar-refractivity contribution in [3.63, 3.8) is 0 Å². The second-order valence-corrected chi connectivity index (χ2v) is 9.04. The standard InChI is InChI=1S/C22H17ClFN3O2S2/c23-15-3-6-18-17(10-15)14(11-26-18)7-8-25-20(28)12-27-21(29)19(31-22(27)30)9-13-1-4-16(24)5-2-13/h1-6,9-11,26H,7-8,12H2,(H,25,28). The number of aromatic nitrogens is 1. The maximum absolute atomic E-state index is 13.1. The summed E-state index contributed by atoms with van der Waals surface area (Å²) in [6, 6.07) is 11.4. The van der Waals surface area contributed by atoms with Crippen molar-refractivity contribution in [2.45, 2.75) is 6.42 Å². The molecular weight excluding hydrogens is 457 g/mol. The van der Waals surface area contributed by atoms with Gasteiger partial charge in [-0.3, -0.25) is 14.5 Å². The fourth-order valence-corrected chi connectivity index (χ4v) is 4.67. The average molecular weight is 474 g/mol. The predicted molar refractivity (Wildman–Crippen MR) is 126 cm³/mol. The molecule has 1 aromatic heterocycles. The summed E-state index contributed by atoms with van der Waals surface area (Å²) in [7, 11) is 0. The van der Waals surface area contributed by atoms with E-state index in [2.05, 4.69) is 10.3 Å². The van der Waals surface area contributed by atoms with Gasteiger partial charge in [0.2, 0.25) is 5.91 Å². The number of thiocarbonyl (C=S) groups is 1. The Hall–Kier alpha value is -2.68. The summed E-state index contributed by atoms with van der Waals surface area (Å²) in [4.78, 5) is 29.9. The second-order valence-electron chi connectivity index (χ2n) is 6.92. The highest BCUT2D eigenvalue weighted by atomic mass is 35.5. The second kappa shape index (κ2) is 9.21. The number of nitrogens with one attached hydrogen (secondary N) is 2. The lowest BCUT2D eigenvalue weighted by Crippen LogP contribution is -2.40. The number of hydrogen-bond donors (Lipinski definition) is 2. The van der Waals surface area contributed by atoms with E-state index in [0.717, 1.165) is 28.2 Å². The number of aromatic amines is 1. The number of nitrogens with zero attached hydrogens (tertiary/aromatic N) is 1. The third kappa shape index (κ3) is 4.98. The zero-order valence-corrected chi connectivity index (χ0v) is 18.5. The first-order chi connectivity index (χ1) is 14.9. The molecule has 0 aliphatic carbocycles. The fraction of sp³-hybridized carbons (Fsp3) is 0.136. The van der Waals surface area contributed by atoms with E-state index in [4.69, 9.17) is 23.8 Å². The monoisotopic (exact) mass is 473 g/mol. The smallest absolute Gasteiger partial charge is 0.266 e. The van der Waals surface area contributed by atoms with Gasteiger partial charge < -0.3 is 10.3 Å². The highest BCUT2D eigenvalue weighted by Crippen LogP contribution is 2.32. The molecule has 0 unspecified atom stereocenters.